The average Bonchev–Trinajstić information content (AvgIpc) is 2.66. The van der Waals surface area contributed by atoms with Crippen LogP contribution in [0.5, 0.6) is 11.5 Å². The molecule has 0 saturated carbocycles. The van der Waals surface area contributed by atoms with Gasteiger partial charge >= 0.3 is 12.1 Å². The lowest BCUT2D eigenvalue weighted by Crippen LogP contribution is -3.14. The molecule has 0 fully saturated rings. The van der Waals surface area contributed by atoms with E-state index < -0.39 is 30.6 Å². The van der Waals surface area contributed by atoms with Gasteiger partial charge in [-0.2, -0.15) is 13.2 Å². The third-order valence-corrected chi connectivity index (χ3v) is 4.70. The van der Waals surface area contributed by atoms with Crippen molar-refractivity contribution < 1.29 is 41.9 Å². The minimum atomic E-state index is -4.48. The lowest BCUT2D eigenvalue weighted by molar-refractivity contribution is -0.925. The monoisotopic (exact) mass is 405 g/mol. The zero-order valence-corrected chi connectivity index (χ0v) is 15.9. The van der Waals surface area contributed by atoms with Gasteiger partial charge in [-0.3, -0.25) is 9.59 Å². The van der Waals surface area contributed by atoms with Gasteiger partial charge in [-0.15, -0.1) is 0 Å². The molecule has 10 heteroatoms. The molecular weight excluding hydrogens is 381 g/mol. The lowest BCUT2D eigenvalue weighted by atomic mass is 9.90. The molecule has 2 atom stereocenters. The fourth-order valence-corrected chi connectivity index (χ4v) is 3.35. The first kappa shape index (κ1) is 21.8. The Bertz CT molecular complexity index is 724. The Kier molecular flexibility index (Phi) is 7.11. The van der Waals surface area contributed by atoms with Crippen molar-refractivity contribution in [1.82, 2.24) is 5.32 Å². The summed E-state index contributed by atoms with van der Waals surface area (Å²) in [7, 11) is 4.26. The first-order valence-electron chi connectivity index (χ1n) is 8.68. The minimum absolute atomic E-state index is 0.0130. The molecule has 0 aliphatic carbocycles. The topological polar surface area (TPSA) is 78.3 Å². The molecule has 2 N–H and O–H groups in total. The highest BCUT2D eigenvalue weighted by molar-refractivity contribution is 5.77. The summed E-state index contributed by atoms with van der Waals surface area (Å²) >= 11 is 0. The van der Waals surface area contributed by atoms with E-state index in [2.05, 4.69) is 0 Å². The van der Waals surface area contributed by atoms with Crippen molar-refractivity contribution in [3.63, 3.8) is 0 Å². The van der Waals surface area contributed by atoms with Crippen LogP contribution in [0.25, 0.3) is 0 Å². The summed E-state index contributed by atoms with van der Waals surface area (Å²) < 4.78 is 52.4. The molecule has 1 heterocycles. The van der Waals surface area contributed by atoms with Crippen LogP contribution in [0.2, 0.25) is 0 Å². The van der Waals surface area contributed by atoms with E-state index in [9.17, 15) is 22.8 Å². The van der Waals surface area contributed by atoms with E-state index in [1.54, 1.807) is 6.07 Å². The average molecular weight is 405 g/mol. The van der Waals surface area contributed by atoms with Crippen LogP contribution in [0.4, 0.5) is 13.2 Å². The third kappa shape index (κ3) is 5.51. The molecule has 2 rings (SSSR count). The van der Waals surface area contributed by atoms with E-state index in [4.69, 9.17) is 14.2 Å². The Morgan fingerprint density at radius 3 is 2.39 bits per heavy atom. The maximum absolute atomic E-state index is 12.3. The van der Waals surface area contributed by atoms with Crippen LogP contribution in [-0.4, -0.2) is 59.0 Å². The normalized spacial score (nSPS) is 18.8. The van der Waals surface area contributed by atoms with Crippen molar-refractivity contribution in [2.45, 2.75) is 25.1 Å². The SMILES string of the molecule is COC(=O)C[C@H]1c2cc(OC)c(OC)cc2CC[NH+]1CC(=O)NCC(F)(F)F. The fourth-order valence-electron chi connectivity index (χ4n) is 3.35. The van der Waals surface area contributed by atoms with Gasteiger partial charge in [0.1, 0.15) is 19.0 Å². The van der Waals surface area contributed by atoms with Crippen molar-refractivity contribution in [2.75, 3.05) is 41.0 Å². The first-order chi connectivity index (χ1) is 13.2. The smallest absolute Gasteiger partial charge is 0.405 e. The molecular formula is C18H24F3N2O5+. The number of carbonyl (C=O) groups is 2. The molecule has 1 aliphatic rings. The first-order valence-corrected chi connectivity index (χ1v) is 8.68. The summed E-state index contributed by atoms with van der Waals surface area (Å²) in [6, 6.07) is 3.11. The molecule has 0 spiro atoms. The molecule has 1 aromatic carbocycles. The second kappa shape index (κ2) is 9.13. The number of ether oxygens (including phenoxy) is 3. The summed E-state index contributed by atoms with van der Waals surface area (Å²) in [5.74, 6) is -0.185. The number of nitrogens with one attached hydrogen (secondary N) is 2. The van der Waals surface area contributed by atoms with Crippen LogP contribution in [-0.2, 0) is 20.7 Å². The van der Waals surface area contributed by atoms with Crippen LogP contribution >= 0.6 is 0 Å². The number of benzene rings is 1. The molecule has 1 aliphatic heterocycles. The fraction of sp³-hybridized carbons (Fsp3) is 0.556. The van der Waals surface area contributed by atoms with Gasteiger partial charge in [-0.1, -0.05) is 0 Å². The molecule has 0 saturated heterocycles. The van der Waals surface area contributed by atoms with Crippen LogP contribution in [0.3, 0.4) is 0 Å². The van der Waals surface area contributed by atoms with Crippen LogP contribution in [0.1, 0.15) is 23.6 Å². The lowest BCUT2D eigenvalue weighted by Gasteiger charge is -2.34. The molecule has 0 radical (unpaired) electrons. The summed E-state index contributed by atoms with van der Waals surface area (Å²) in [6.45, 7) is -1.10. The highest BCUT2D eigenvalue weighted by atomic mass is 19.4. The minimum Gasteiger partial charge on any atom is -0.493 e. The van der Waals surface area contributed by atoms with Gasteiger partial charge in [0, 0.05) is 12.0 Å². The van der Waals surface area contributed by atoms with E-state index in [-0.39, 0.29) is 13.0 Å². The number of quaternary nitrogens is 1. The molecule has 0 bridgehead atoms. The van der Waals surface area contributed by atoms with Crippen LogP contribution in [0, 0.1) is 0 Å². The summed E-state index contributed by atoms with van der Waals surface area (Å²) in [6.07, 6.45) is -3.91. The summed E-state index contributed by atoms with van der Waals surface area (Å²) in [5, 5.41) is 1.88. The number of rotatable bonds is 7. The number of methoxy groups -OCH3 is 3. The number of hydrogen-bond donors (Lipinski definition) is 2. The Labute approximate surface area is 160 Å². The van der Waals surface area contributed by atoms with Gasteiger partial charge in [0.05, 0.1) is 27.9 Å². The number of fused-ring (bicyclic) bond motifs is 1. The molecule has 7 nitrogen and oxygen atoms in total. The predicted octanol–water partition coefficient (Wildman–Crippen LogP) is 0.428. The summed E-state index contributed by atoms with van der Waals surface area (Å²) in [4.78, 5) is 24.6. The highest BCUT2D eigenvalue weighted by Crippen LogP contribution is 2.35. The van der Waals surface area contributed by atoms with E-state index in [1.807, 2.05) is 11.4 Å². The number of hydrogen-bond acceptors (Lipinski definition) is 5. The molecule has 1 aromatic rings. The van der Waals surface area contributed by atoms with Gasteiger partial charge < -0.3 is 24.4 Å². The maximum atomic E-state index is 12.3. The molecule has 156 valence electrons. The molecule has 1 amide bonds. The molecule has 0 aromatic heterocycles. The Morgan fingerprint density at radius 2 is 1.82 bits per heavy atom. The second-order valence-corrected chi connectivity index (χ2v) is 6.47. The summed E-state index contributed by atoms with van der Waals surface area (Å²) in [5.41, 5.74) is 1.72. The second-order valence-electron chi connectivity index (χ2n) is 6.47. The largest absolute Gasteiger partial charge is 0.493 e. The highest BCUT2D eigenvalue weighted by Gasteiger charge is 2.36. The van der Waals surface area contributed by atoms with E-state index in [0.29, 0.717) is 29.4 Å². The Balaban J connectivity index is 2.27. The van der Waals surface area contributed by atoms with Crippen molar-refractivity contribution in [3.05, 3.63) is 23.3 Å². The van der Waals surface area contributed by atoms with E-state index >= 15 is 0 Å². The standard InChI is InChI=1S/C18H23F3N2O5/c1-26-14-6-11-4-5-23(9-16(24)22-10-18(19,20)21)13(8-17(25)28-3)12(11)7-15(14)27-2/h6-7,13H,4-5,8-10H2,1-3H3,(H,22,24)/p+1/t13-/m0/s1. The van der Waals surface area contributed by atoms with Crippen molar-refractivity contribution >= 4 is 11.9 Å². The van der Waals surface area contributed by atoms with Crippen LogP contribution in [0.15, 0.2) is 12.1 Å². The number of alkyl halides is 3. The quantitative estimate of drug-likeness (QED) is 0.644. The number of carbonyl (C=O) groups excluding carboxylic acids is 2. The maximum Gasteiger partial charge on any atom is 0.405 e. The van der Waals surface area contributed by atoms with Crippen molar-refractivity contribution in [3.8, 4) is 11.5 Å². The zero-order chi connectivity index (χ0) is 20.9. The number of esters is 1. The van der Waals surface area contributed by atoms with Gasteiger partial charge in [0.15, 0.2) is 18.0 Å². The Morgan fingerprint density at radius 1 is 1.18 bits per heavy atom. The zero-order valence-electron chi connectivity index (χ0n) is 15.9. The predicted molar refractivity (Wildman–Crippen MR) is 92.4 cm³/mol. The number of amides is 1. The van der Waals surface area contributed by atoms with Gasteiger partial charge in [0.25, 0.3) is 5.91 Å². The van der Waals surface area contributed by atoms with Crippen LogP contribution < -0.4 is 19.7 Å². The molecule has 28 heavy (non-hydrogen) atoms. The van der Waals surface area contributed by atoms with Gasteiger partial charge in [-0.05, 0) is 17.7 Å². The van der Waals surface area contributed by atoms with E-state index in [0.717, 1.165) is 11.1 Å². The molecule has 1 unspecified atom stereocenters. The Hall–Kier alpha value is -2.49. The van der Waals surface area contributed by atoms with Gasteiger partial charge in [-0.25, -0.2) is 0 Å². The third-order valence-electron chi connectivity index (χ3n) is 4.70. The van der Waals surface area contributed by atoms with E-state index in [1.165, 1.54) is 21.3 Å². The van der Waals surface area contributed by atoms with Crippen molar-refractivity contribution in [1.29, 1.82) is 0 Å². The van der Waals surface area contributed by atoms with Crippen molar-refractivity contribution in [2.24, 2.45) is 0 Å². The number of halogens is 3. The van der Waals surface area contributed by atoms with Gasteiger partial charge in [0.2, 0.25) is 0 Å².